The van der Waals surface area contributed by atoms with E-state index in [9.17, 15) is 5.11 Å². The van der Waals surface area contributed by atoms with E-state index < -0.39 is 0 Å². The highest BCUT2D eigenvalue weighted by Gasteiger charge is 2.20. The zero-order chi connectivity index (χ0) is 22.6. The Kier molecular flexibility index (Phi) is 10.4. The highest BCUT2D eigenvalue weighted by Crippen LogP contribution is 2.26. The number of phenols is 1. The van der Waals surface area contributed by atoms with Crippen molar-refractivity contribution in [3.05, 3.63) is 59.2 Å². The van der Waals surface area contributed by atoms with Crippen molar-refractivity contribution in [2.24, 2.45) is 0 Å². The number of anilines is 1. The van der Waals surface area contributed by atoms with Crippen LogP contribution in [0.3, 0.4) is 0 Å². The number of hydrogen-bond donors (Lipinski definition) is 3. The van der Waals surface area contributed by atoms with Crippen molar-refractivity contribution in [1.82, 2.24) is 10.2 Å². The van der Waals surface area contributed by atoms with Crippen molar-refractivity contribution in [3.63, 3.8) is 0 Å². The molecule has 4 heteroatoms. The second-order valence-corrected chi connectivity index (χ2v) is 8.19. The lowest BCUT2D eigenvalue weighted by molar-refractivity contribution is 0.185. The molecule has 0 unspecified atom stereocenters. The quantitative estimate of drug-likeness (QED) is 0.564. The fourth-order valence-corrected chi connectivity index (χ4v) is 3.86. The van der Waals surface area contributed by atoms with Gasteiger partial charge in [0.15, 0.2) is 0 Å². The van der Waals surface area contributed by atoms with E-state index in [4.69, 9.17) is 0 Å². The van der Waals surface area contributed by atoms with E-state index in [2.05, 4.69) is 41.2 Å². The number of aromatic hydroxyl groups is 1. The molecule has 1 aliphatic heterocycles. The Morgan fingerprint density at radius 1 is 1.10 bits per heavy atom. The monoisotopic (exact) mass is 421 g/mol. The Morgan fingerprint density at radius 3 is 2.42 bits per heavy atom. The van der Waals surface area contributed by atoms with E-state index in [0.717, 1.165) is 54.9 Å². The number of aryl methyl sites for hydroxylation is 1. The predicted octanol–water partition coefficient (Wildman–Crippen LogP) is 5.15. The molecule has 0 aromatic heterocycles. The summed E-state index contributed by atoms with van der Waals surface area (Å²) in [5.74, 6) is 6.83. The summed E-state index contributed by atoms with van der Waals surface area (Å²) in [6, 6.07) is 15.2. The first-order valence-electron chi connectivity index (χ1n) is 11.6. The van der Waals surface area contributed by atoms with Gasteiger partial charge in [-0.15, -0.1) is 0 Å². The number of hydrogen-bond acceptors (Lipinski definition) is 4. The second kappa shape index (κ2) is 13.0. The molecule has 1 saturated heterocycles. The summed E-state index contributed by atoms with van der Waals surface area (Å²) in [5.41, 5.74) is 3.89. The third kappa shape index (κ3) is 8.28. The van der Waals surface area contributed by atoms with Gasteiger partial charge in [-0.2, -0.15) is 0 Å². The van der Waals surface area contributed by atoms with E-state index in [-0.39, 0.29) is 0 Å². The molecule has 1 aliphatic rings. The molecular formula is C27H39N3O. The van der Waals surface area contributed by atoms with Crippen LogP contribution in [0.25, 0.3) is 0 Å². The van der Waals surface area contributed by atoms with Crippen LogP contribution in [-0.2, 0) is 6.54 Å². The molecule has 0 atom stereocenters. The molecule has 1 fully saturated rings. The van der Waals surface area contributed by atoms with Crippen LogP contribution in [0.5, 0.6) is 5.75 Å². The minimum absolute atomic E-state index is 0.403. The molecule has 0 radical (unpaired) electrons. The molecule has 0 amide bonds. The van der Waals surface area contributed by atoms with Gasteiger partial charge in [0.25, 0.3) is 0 Å². The molecule has 0 spiro atoms. The standard InChI is InChI=1S/C25H33N3O.C2H6/c1-19(2)27-24-11-14-28(15-12-24)18-22-17-21(16-20(3)25(22)29)8-7-13-26-23-9-5-4-6-10-23;1-2/h4-6,9-10,16-17,19,24,26-27,29H,11-15,18H2,1-3H3;1-2H3. The van der Waals surface area contributed by atoms with Gasteiger partial charge in [-0.1, -0.05) is 57.7 Å². The summed E-state index contributed by atoms with van der Waals surface area (Å²) >= 11 is 0. The molecule has 0 saturated carbocycles. The topological polar surface area (TPSA) is 47.5 Å². The van der Waals surface area contributed by atoms with E-state index in [1.54, 1.807) is 0 Å². The molecule has 0 aliphatic carbocycles. The van der Waals surface area contributed by atoms with Crippen molar-refractivity contribution in [2.45, 2.75) is 66.1 Å². The third-order valence-electron chi connectivity index (χ3n) is 5.32. The summed E-state index contributed by atoms with van der Waals surface area (Å²) in [4.78, 5) is 2.43. The minimum Gasteiger partial charge on any atom is -0.507 e. The Labute approximate surface area is 189 Å². The fourth-order valence-electron chi connectivity index (χ4n) is 3.86. The SMILES string of the molecule is CC.Cc1cc(C#CCNc2ccccc2)cc(CN2CCC(NC(C)C)CC2)c1O. The lowest BCUT2D eigenvalue weighted by atomic mass is 10.0. The Hall–Kier alpha value is -2.48. The first kappa shape index (κ1) is 24.8. The lowest BCUT2D eigenvalue weighted by Crippen LogP contribution is -2.44. The van der Waals surface area contributed by atoms with Crippen LogP contribution < -0.4 is 10.6 Å². The maximum absolute atomic E-state index is 10.5. The Bertz CT molecular complexity index is 844. The Balaban J connectivity index is 0.00000166. The van der Waals surface area contributed by atoms with Crippen LogP contribution in [0, 0.1) is 18.8 Å². The number of nitrogens with zero attached hydrogens (tertiary/aromatic N) is 1. The van der Waals surface area contributed by atoms with Gasteiger partial charge in [0.1, 0.15) is 5.75 Å². The molecule has 3 rings (SSSR count). The number of rotatable bonds is 6. The first-order valence-corrected chi connectivity index (χ1v) is 11.6. The van der Waals surface area contributed by atoms with E-state index in [1.165, 1.54) is 0 Å². The first-order chi connectivity index (χ1) is 15.0. The van der Waals surface area contributed by atoms with Gasteiger partial charge in [-0.3, -0.25) is 4.90 Å². The predicted molar refractivity (Wildman–Crippen MR) is 133 cm³/mol. The van der Waals surface area contributed by atoms with Gasteiger partial charge < -0.3 is 15.7 Å². The van der Waals surface area contributed by atoms with Crippen LogP contribution >= 0.6 is 0 Å². The van der Waals surface area contributed by atoms with Crippen LogP contribution in [0.2, 0.25) is 0 Å². The minimum atomic E-state index is 0.403. The molecule has 0 bridgehead atoms. The van der Waals surface area contributed by atoms with Gasteiger partial charge in [0.05, 0.1) is 6.54 Å². The molecule has 168 valence electrons. The number of phenolic OH excluding ortho intramolecular Hbond substituents is 1. The summed E-state index contributed by atoms with van der Waals surface area (Å²) in [7, 11) is 0. The number of para-hydroxylation sites is 1. The van der Waals surface area contributed by atoms with E-state index in [1.807, 2.05) is 63.2 Å². The van der Waals surface area contributed by atoms with Crippen molar-refractivity contribution >= 4 is 5.69 Å². The van der Waals surface area contributed by atoms with Crippen molar-refractivity contribution in [3.8, 4) is 17.6 Å². The average molecular weight is 422 g/mol. The third-order valence-corrected chi connectivity index (χ3v) is 5.32. The van der Waals surface area contributed by atoms with Crippen LogP contribution in [-0.4, -0.2) is 41.7 Å². The van der Waals surface area contributed by atoms with Gasteiger partial charge in [-0.25, -0.2) is 0 Å². The maximum atomic E-state index is 10.5. The number of nitrogens with one attached hydrogen (secondary N) is 2. The molecule has 3 N–H and O–H groups in total. The lowest BCUT2D eigenvalue weighted by Gasteiger charge is -2.33. The zero-order valence-corrected chi connectivity index (χ0v) is 19.8. The second-order valence-electron chi connectivity index (χ2n) is 8.19. The summed E-state index contributed by atoms with van der Waals surface area (Å²) in [5, 5.41) is 17.5. The molecular weight excluding hydrogens is 382 g/mol. The van der Waals surface area contributed by atoms with Crippen molar-refractivity contribution < 1.29 is 5.11 Å². The van der Waals surface area contributed by atoms with Gasteiger partial charge in [0.2, 0.25) is 0 Å². The maximum Gasteiger partial charge on any atom is 0.123 e. The average Bonchev–Trinajstić information content (AvgIpc) is 2.78. The highest BCUT2D eigenvalue weighted by atomic mass is 16.3. The smallest absolute Gasteiger partial charge is 0.123 e. The van der Waals surface area contributed by atoms with Gasteiger partial charge >= 0.3 is 0 Å². The van der Waals surface area contributed by atoms with E-state index in [0.29, 0.717) is 24.4 Å². The van der Waals surface area contributed by atoms with Crippen LogP contribution in [0.4, 0.5) is 5.69 Å². The van der Waals surface area contributed by atoms with Crippen molar-refractivity contribution in [2.75, 3.05) is 25.0 Å². The number of benzene rings is 2. The van der Waals surface area contributed by atoms with Gasteiger partial charge in [0, 0.05) is 35.4 Å². The highest BCUT2D eigenvalue weighted by molar-refractivity contribution is 5.49. The van der Waals surface area contributed by atoms with Crippen LogP contribution in [0.1, 0.15) is 57.2 Å². The summed E-state index contributed by atoms with van der Waals surface area (Å²) in [6.07, 6.45) is 2.31. The number of likely N-dealkylation sites (tertiary alicyclic amines) is 1. The van der Waals surface area contributed by atoms with Gasteiger partial charge in [-0.05, 0) is 62.7 Å². The molecule has 4 nitrogen and oxygen atoms in total. The summed E-state index contributed by atoms with van der Waals surface area (Å²) < 4.78 is 0. The van der Waals surface area contributed by atoms with E-state index >= 15 is 0 Å². The molecule has 2 aromatic rings. The summed E-state index contributed by atoms with van der Waals surface area (Å²) in [6.45, 7) is 13.8. The number of piperidine rings is 1. The molecule has 2 aromatic carbocycles. The largest absolute Gasteiger partial charge is 0.507 e. The molecule has 1 heterocycles. The normalized spacial score (nSPS) is 14.4. The van der Waals surface area contributed by atoms with Crippen LogP contribution in [0.15, 0.2) is 42.5 Å². The zero-order valence-electron chi connectivity index (χ0n) is 19.8. The fraction of sp³-hybridized carbons (Fsp3) is 0.481. The Morgan fingerprint density at radius 2 is 1.77 bits per heavy atom. The molecule has 31 heavy (non-hydrogen) atoms. The van der Waals surface area contributed by atoms with Crippen molar-refractivity contribution in [1.29, 1.82) is 0 Å².